The summed E-state index contributed by atoms with van der Waals surface area (Å²) in [5.41, 5.74) is 1.19. The summed E-state index contributed by atoms with van der Waals surface area (Å²) in [5.74, 6) is 1.05. The van der Waals surface area contributed by atoms with Crippen molar-refractivity contribution >= 4 is 11.6 Å². The highest BCUT2D eigenvalue weighted by Crippen LogP contribution is 2.07. The molecule has 0 amide bonds. The number of aliphatic imine (C=N–C) groups is 1. The van der Waals surface area contributed by atoms with E-state index in [0.29, 0.717) is 0 Å². The van der Waals surface area contributed by atoms with Crippen molar-refractivity contribution in [3.8, 4) is 0 Å². The Morgan fingerprint density at radius 3 is 2.58 bits per heavy atom. The summed E-state index contributed by atoms with van der Waals surface area (Å²) >= 11 is 0. The van der Waals surface area contributed by atoms with Gasteiger partial charge >= 0.3 is 0 Å². The van der Waals surface area contributed by atoms with Gasteiger partial charge in [-0.05, 0) is 31.4 Å². The Bertz CT molecular complexity index is 382. The van der Waals surface area contributed by atoms with E-state index in [1.165, 1.54) is 18.5 Å². The monoisotopic (exact) mass is 260 g/mol. The Labute approximate surface area is 115 Å². The van der Waals surface area contributed by atoms with E-state index in [0.717, 1.165) is 38.6 Å². The lowest BCUT2D eigenvalue weighted by Crippen LogP contribution is -2.40. The van der Waals surface area contributed by atoms with Gasteiger partial charge in [0.1, 0.15) is 0 Å². The van der Waals surface area contributed by atoms with Crippen LogP contribution in [0.25, 0.3) is 0 Å². The molecule has 0 unspecified atom stereocenters. The number of benzene rings is 1. The molecular formula is C15H24N4. The fourth-order valence-corrected chi connectivity index (χ4v) is 2.34. The van der Waals surface area contributed by atoms with Gasteiger partial charge in [0.05, 0.1) is 0 Å². The average Bonchev–Trinajstić information content (AvgIpc) is 2.98. The first kappa shape index (κ1) is 13.7. The number of rotatable bonds is 5. The summed E-state index contributed by atoms with van der Waals surface area (Å²) in [6, 6.07) is 10.3. The molecule has 0 spiro atoms. The van der Waals surface area contributed by atoms with Crippen LogP contribution in [0.4, 0.5) is 5.69 Å². The van der Waals surface area contributed by atoms with E-state index in [-0.39, 0.29) is 0 Å². The zero-order chi connectivity index (χ0) is 13.3. The Morgan fingerprint density at radius 1 is 1.16 bits per heavy atom. The van der Waals surface area contributed by atoms with E-state index in [2.05, 4.69) is 44.8 Å². The van der Waals surface area contributed by atoms with Gasteiger partial charge in [0, 0.05) is 38.9 Å². The molecule has 1 aromatic carbocycles. The number of likely N-dealkylation sites (tertiary alicyclic amines) is 1. The molecule has 4 heteroatoms. The maximum absolute atomic E-state index is 4.34. The maximum atomic E-state index is 4.34. The zero-order valence-corrected chi connectivity index (χ0v) is 11.7. The van der Waals surface area contributed by atoms with Gasteiger partial charge in [-0.1, -0.05) is 18.2 Å². The van der Waals surface area contributed by atoms with Crippen LogP contribution in [0.3, 0.4) is 0 Å². The van der Waals surface area contributed by atoms with Crippen molar-refractivity contribution in [3.63, 3.8) is 0 Å². The highest BCUT2D eigenvalue weighted by molar-refractivity contribution is 5.80. The molecule has 0 radical (unpaired) electrons. The largest absolute Gasteiger partial charge is 0.385 e. The molecule has 19 heavy (non-hydrogen) atoms. The first-order valence-electron chi connectivity index (χ1n) is 7.14. The number of anilines is 1. The highest BCUT2D eigenvalue weighted by Gasteiger charge is 2.14. The van der Waals surface area contributed by atoms with Crippen LogP contribution in [0.15, 0.2) is 35.3 Å². The third-order valence-corrected chi connectivity index (χ3v) is 3.36. The van der Waals surface area contributed by atoms with Crippen LogP contribution in [0, 0.1) is 0 Å². The minimum atomic E-state index is 0.961. The second kappa shape index (κ2) is 7.67. The number of nitrogens with one attached hydrogen (secondary N) is 2. The number of guanidine groups is 1. The molecule has 1 aliphatic rings. The standard InChI is InChI=1S/C15H24N4/c1-16-15(19-12-5-6-13-19)18-11-7-10-17-14-8-3-2-4-9-14/h2-4,8-9,17H,5-7,10-13H2,1H3,(H,16,18). The summed E-state index contributed by atoms with van der Waals surface area (Å²) in [7, 11) is 1.86. The topological polar surface area (TPSA) is 39.7 Å². The van der Waals surface area contributed by atoms with Crippen LogP contribution < -0.4 is 10.6 Å². The molecule has 1 saturated heterocycles. The van der Waals surface area contributed by atoms with Gasteiger partial charge in [-0.2, -0.15) is 0 Å². The highest BCUT2D eigenvalue weighted by atomic mass is 15.3. The van der Waals surface area contributed by atoms with Crippen LogP contribution in [0.5, 0.6) is 0 Å². The van der Waals surface area contributed by atoms with Gasteiger partial charge in [-0.3, -0.25) is 4.99 Å². The predicted octanol–water partition coefficient (Wildman–Crippen LogP) is 2.16. The molecule has 1 heterocycles. The SMILES string of the molecule is CN=C(NCCCNc1ccccc1)N1CCCC1. The van der Waals surface area contributed by atoms with E-state index >= 15 is 0 Å². The molecule has 104 valence electrons. The van der Waals surface area contributed by atoms with E-state index < -0.39 is 0 Å². The van der Waals surface area contributed by atoms with Crippen LogP contribution >= 0.6 is 0 Å². The second-order valence-electron chi connectivity index (χ2n) is 4.81. The number of hydrogen-bond donors (Lipinski definition) is 2. The zero-order valence-electron chi connectivity index (χ0n) is 11.7. The summed E-state index contributed by atoms with van der Waals surface area (Å²) in [6.45, 7) is 4.22. The Hall–Kier alpha value is -1.71. The molecule has 0 bridgehead atoms. The molecule has 2 rings (SSSR count). The van der Waals surface area contributed by atoms with E-state index in [1.54, 1.807) is 0 Å². The summed E-state index contributed by atoms with van der Waals surface area (Å²) in [5, 5.41) is 6.85. The minimum absolute atomic E-state index is 0.961. The Balaban J connectivity index is 1.61. The van der Waals surface area contributed by atoms with Gasteiger partial charge in [0.25, 0.3) is 0 Å². The van der Waals surface area contributed by atoms with Crippen molar-refractivity contribution in [2.45, 2.75) is 19.3 Å². The Kier molecular flexibility index (Phi) is 5.53. The van der Waals surface area contributed by atoms with Gasteiger partial charge in [0.2, 0.25) is 0 Å². The fourth-order valence-electron chi connectivity index (χ4n) is 2.34. The van der Waals surface area contributed by atoms with E-state index in [1.807, 2.05) is 13.1 Å². The van der Waals surface area contributed by atoms with Crippen molar-refractivity contribution in [2.24, 2.45) is 4.99 Å². The van der Waals surface area contributed by atoms with Crippen molar-refractivity contribution in [3.05, 3.63) is 30.3 Å². The van der Waals surface area contributed by atoms with Crippen molar-refractivity contribution in [1.82, 2.24) is 10.2 Å². The molecule has 0 aromatic heterocycles. The Morgan fingerprint density at radius 2 is 1.89 bits per heavy atom. The smallest absolute Gasteiger partial charge is 0.193 e. The summed E-state index contributed by atoms with van der Waals surface area (Å²) in [6.07, 6.45) is 3.66. The van der Waals surface area contributed by atoms with Gasteiger partial charge < -0.3 is 15.5 Å². The quantitative estimate of drug-likeness (QED) is 0.484. The van der Waals surface area contributed by atoms with Crippen LogP contribution in [0.2, 0.25) is 0 Å². The molecule has 1 aliphatic heterocycles. The second-order valence-corrected chi connectivity index (χ2v) is 4.81. The van der Waals surface area contributed by atoms with Crippen LogP contribution in [-0.4, -0.2) is 44.1 Å². The third-order valence-electron chi connectivity index (χ3n) is 3.36. The van der Waals surface area contributed by atoms with Gasteiger partial charge in [0.15, 0.2) is 5.96 Å². The van der Waals surface area contributed by atoms with Crippen molar-refractivity contribution in [2.75, 3.05) is 38.5 Å². The lowest BCUT2D eigenvalue weighted by Gasteiger charge is -2.20. The predicted molar refractivity (Wildman–Crippen MR) is 81.7 cm³/mol. The minimum Gasteiger partial charge on any atom is -0.385 e. The van der Waals surface area contributed by atoms with Crippen molar-refractivity contribution in [1.29, 1.82) is 0 Å². The number of hydrogen-bond acceptors (Lipinski definition) is 2. The van der Waals surface area contributed by atoms with Crippen LogP contribution in [0.1, 0.15) is 19.3 Å². The number of para-hydroxylation sites is 1. The van der Waals surface area contributed by atoms with E-state index in [4.69, 9.17) is 0 Å². The first-order chi connectivity index (χ1) is 9.40. The van der Waals surface area contributed by atoms with Crippen molar-refractivity contribution < 1.29 is 0 Å². The van der Waals surface area contributed by atoms with Gasteiger partial charge in [-0.25, -0.2) is 0 Å². The number of nitrogens with zero attached hydrogens (tertiary/aromatic N) is 2. The molecule has 0 saturated carbocycles. The molecule has 2 N–H and O–H groups in total. The average molecular weight is 260 g/mol. The summed E-state index contributed by atoms with van der Waals surface area (Å²) < 4.78 is 0. The maximum Gasteiger partial charge on any atom is 0.193 e. The molecule has 0 aliphatic carbocycles. The fraction of sp³-hybridized carbons (Fsp3) is 0.533. The lowest BCUT2D eigenvalue weighted by molar-refractivity contribution is 0.493. The molecule has 1 fully saturated rings. The molecule has 0 atom stereocenters. The lowest BCUT2D eigenvalue weighted by atomic mass is 10.3. The summed E-state index contributed by atoms with van der Waals surface area (Å²) in [4.78, 5) is 6.67. The van der Waals surface area contributed by atoms with Gasteiger partial charge in [-0.15, -0.1) is 0 Å². The third kappa shape index (κ3) is 4.47. The molecule has 4 nitrogen and oxygen atoms in total. The first-order valence-corrected chi connectivity index (χ1v) is 7.14. The van der Waals surface area contributed by atoms with Crippen LogP contribution in [-0.2, 0) is 0 Å². The molecular weight excluding hydrogens is 236 g/mol. The molecule has 1 aromatic rings. The van der Waals surface area contributed by atoms with E-state index in [9.17, 15) is 0 Å². The normalized spacial score (nSPS) is 15.6.